The molecule has 1 aromatic rings. The second kappa shape index (κ2) is 4.95. The number of benzene rings is 1. The number of rotatable bonds is 1. The van der Waals surface area contributed by atoms with Gasteiger partial charge in [0.05, 0.1) is 16.0 Å². The first-order chi connectivity index (χ1) is 8.24. The molecule has 0 amide bonds. The van der Waals surface area contributed by atoms with Crippen LogP contribution in [0.2, 0.25) is 0 Å². The second-order valence-electron chi connectivity index (χ2n) is 3.27. The molecule has 2 nitrogen and oxygen atoms in total. The van der Waals surface area contributed by atoms with E-state index >= 15 is 0 Å². The summed E-state index contributed by atoms with van der Waals surface area (Å²) in [5.41, 5.74) is -3.41. The Balaban J connectivity index is 3.78. The van der Waals surface area contributed by atoms with Crippen molar-refractivity contribution in [3.8, 4) is 0 Å². The third-order valence-corrected chi connectivity index (χ3v) is 4.43. The Kier molecular flexibility index (Phi) is 4.38. The van der Waals surface area contributed by atoms with Gasteiger partial charge in [0.25, 0.3) is 9.05 Å². The highest BCUT2D eigenvalue weighted by Crippen LogP contribution is 2.41. The van der Waals surface area contributed by atoms with E-state index in [1.165, 1.54) is 0 Å². The van der Waals surface area contributed by atoms with Gasteiger partial charge >= 0.3 is 12.4 Å². The molecule has 1 rings (SSSR count). The minimum atomic E-state index is -5.13. The van der Waals surface area contributed by atoms with Crippen LogP contribution in [0.3, 0.4) is 0 Å². The van der Waals surface area contributed by atoms with Crippen LogP contribution in [0.15, 0.2) is 17.0 Å². The average molecular weight is 439 g/mol. The van der Waals surface area contributed by atoms with Crippen molar-refractivity contribution in [2.75, 3.05) is 0 Å². The van der Waals surface area contributed by atoms with Crippen LogP contribution < -0.4 is 0 Å². The summed E-state index contributed by atoms with van der Waals surface area (Å²) in [5, 5.41) is 0. The molecule has 0 unspecified atom stereocenters. The molecule has 0 N–H and O–H groups in total. The van der Waals surface area contributed by atoms with Gasteiger partial charge in [0, 0.05) is 14.3 Å². The van der Waals surface area contributed by atoms with E-state index in [-0.39, 0.29) is 12.1 Å². The van der Waals surface area contributed by atoms with Crippen LogP contribution in [0.5, 0.6) is 0 Å². The molecular weight excluding hydrogens is 436 g/mol. The standard InChI is InChI=1S/C8H2ClF6IO2S/c9-19(17,18)3-1-4(7(10,11)12)6(16)5(2-3)8(13,14)15/h1-2H. The van der Waals surface area contributed by atoms with E-state index in [4.69, 9.17) is 10.7 Å². The zero-order valence-corrected chi connectivity index (χ0v) is 12.1. The normalized spacial score (nSPS) is 13.7. The predicted molar refractivity (Wildman–Crippen MR) is 62.2 cm³/mol. The van der Waals surface area contributed by atoms with Crippen LogP contribution in [0, 0.1) is 3.57 Å². The van der Waals surface area contributed by atoms with Crippen molar-refractivity contribution in [1.29, 1.82) is 0 Å². The maximum Gasteiger partial charge on any atom is 0.417 e. The van der Waals surface area contributed by atoms with Crippen LogP contribution >= 0.6 is 33.3 Å². The summed E-state index contributed by atoms with van der Waals surface area (Å²) in [7, 11) is 0.0738. The van der Waals surface area contributed by atoms with E-state index in [1.807, 2.05) is 0 Å². The smallest absolute Gasteiger partial charge is 0.207 e. The van der Waals surface area contributed by atoms with E-state index in [1.54, 1.807) is 0 Å². The zero-order chi connectivity index (χ0) is 15.2. The lowest BCUT2D eigenvalue weighted by Crippen LogP contribution is -2.16. The maximum absolute atomic E-state index is 12.6. The summed E-state index contributed by atoms with van der Waals surface area (Å²) in [6.07, 6.45) is -10.3. The van der Waals surface area contributed by atoms with Gasteiger partial charge < -0.3 is 0 Å². The molecule has 0 saturated carbocycles. The Hall–Kier alpha value is -0.230. The van der Waals surface area contributed by atoms with Crippen molar-refractivity contribution >= 4 is 42.3 Å². The number of halogens is 8. The highest BCUT2D eigenvalue weighted by molar-refractivity contribution is 14.1. The van der Waals surface area contributed by atoms with E-state index in [0.29, 0.717) is 0 Å². The van der Waals surface area contributed by atoms with E-state index in [9.17, 15) is 34.8 Å². The third-order valence-electron chi connectivity index (χ3n) is 1.94. The van der Waals surface area contributed by atoms with Crippen molar-refractivity contribution in [2.45, 2.75) is 17.2 Å². The fraction of sp³-hybridized carbons (Fsp3) is 0.250. The molecule has 0 radical (unpaired) electrons. The summed E-state index contributed by atoms with van der Waals surface area (Å²) in [6.45, 7) is 0. The molecule has 0 saturated heterocycles. The highest BCUT2D eigenvalue weighted by Gasteiger charge is 2.41. The van der Waals surface area contributed by atoms with Crippen molar-refractivity contribution < 1.29 is 34.8 Å². The average Bonchev–Trinajstić information content (AvgIpc) is 2.11. The van der Waals surface area contributed by atoms with Crippen LogP contribution in [0.4, 0.5) is 26.3 Å². The molecule has 0 fully saturated rings. The molecule has 0 heterocycles. The van der Waals surface area contributed by atoms with Crippen molar-refractivity contribution in [1.82, 2.24) is 0 Å². The van der Waals surface area contributed by atoms with E-state index in [2.05, 4.69) is 0 Å². The van der Waals surface area contributed by atoms with Crippen molar-refractivity contribution in [2.24, 2.45) is 0 Å². The molecule has 0 aliphatic rings. The maximum atomic E-state index is 12.6. The lowest BCUT2D eigenvalue weighted by Gasteiger charge is -2.16. The molecule has 0 aliphatic carbocycles. The van der Waals surface area contributed by atoms with Gasteiger partial charge in [-0.05, 0) is 34.7 Å². The summed E-state index contributed by atoms with van der Waals surface area (Å²) in [4.78, 5) is -1.26. The quantitative estimate of drug-likeness (QED) is 0.373. The Morgan fingerprint density at radius 2 is 1.26 bits per heavy atom. The first kappa shape index (κ1) is 16.8. The van der Waals surface area contributed by atoms with Gasteiger partial charge in [-0.1, -0.05) is 0 Å². The van der Waals surface area contributed by atoms with Crippen molar-refractivity contribution in [3.05, 3.63) is 26.8 Å². The van der Waals surface area contributed by atoms with Crippen LogP contribution in [-0.4, -0.2) is 8.42 Å². The Morgan fingerprint density at radius 1 is 0.947 bits per heavy atom. The molecule has 0 bridgehead atoms. The van der Waals surface area contributed by atoms with Gasteiger partial charge in [-0.3, -0.25) is 0 Å². The summed E-state index contributed by atoms with van der Waals surface area (Å²) in [6, 6.07) is 0.138. The van der Waals surface area contributed by atoms with Crippen LogP contribution in [-0.2, 0) is 21.4 Å². The lowest BCUT2D eigenvalue weighted by atomic mass is 10.1. The molecule has 1 aromatic carbocycles. The summed E-state index contributed by atoms with van der Waals surface area (Å²) >= 11 is 0.858. The Bertz CT molecular complexity index is 572. The van der Waals surface area contributed by atoms with Crippen molar-refractivity contribution in [3.63, 3.8) is 0 Å². The zero-order valence-electron chi connectivity index (χ0n) is 8.40. The van der Waals surface area contributed by atoms with Gasteiger partial charge in [0.1, 0.15) is 0 Å². The first-order valence-corrected chi connectivity index (χ1v) is 7.56. The van der Waals surface area contributed by atoms with Gasteiger partial charge in [-0.15, -0.1) is 0 Å². The SMILES string of the molecule is O=S(=O)(Cl)c1cc(C(F)(F)F)c(I)c(C(F)(F)F)c1. The minimum Gasteiger partial charge on any atom is -0.207 e. The molecule has 0 spiro atoms. The second-order valence-corrected chi connectivity index (χ2v) is 6.91. The predicted octanol–water partition coefficient (Wildman–Crippen LogP) is 4.26. The molecule has 108 valence electrons. The van der Waals surface area contributed by atoms with Crippen LogP contribution in [0.1, 0.15) is 11.1 Å². The molecular formula is C8H2ClF6IO2S. The largest absolute Gasteiger partial charge is 0.417 e. The number of hydrogen-bond acceptors (Lipinski definition) is 2. The molecule has 0 aromatic heterocycles. The summed E-state index contributed by atoms with van der Waals surface area (Å²) in [5.74, 6) is 0. The Morgan fingerprint density at radius 3 is 1.47 bits per heavy atom. The third kappa shape index (κ3) is 3.88. The topological polar surface area (TPSA) is 34.1 Å². The van der Waals surface area contributed by atoms with Gasteiger partial charge in [0.15, 0.2) is 0 Å². The molecule has 19 heavy (non-hydrogen) atoms. The van der Waals surface area contributed by atoms with Crippen LogP contribution in [0.25, 0.3) is 0 Å². The first-order valence-electron chi connectivity index (χ1n) is 4.17. The fourth-order valence-corrected chi connectivity index (χ4v) is 2.86. The monoisotopic (exact) mass is 438 g/mol. The summed E-state index contributed by atoms with van der Waals surface area (Å²) < 4.78 is 96.2. The fourth-order valence-electron chi connectivity index (χ4n) is 1.15. The molecule has 0 aliphatic heterocycles. The highest BCUT2D eigenvalue weighted by atomic mass is 127. The minimum absolute atomic E-state index is 0.0688. The van der Waals surface area contributed by atoms with Gasteiger partial charge in [-0.25, -0.2) is 8.42 Å². The molecule has 11 heteroatoms. The lowest BCUT2D eigenvalue weighted by molar-refractivity contribution is -0.144. The van der Waals surface area contributed by atoms with E-state index in [0.717, 1.165) is 22.6 Å². The number of alkyl halides is 6. The van der Waals surface area contributed by atoms with Gasteiger partial charge in [-0.2, -0.15) is 26.3 Å². The van der Waals surface area contributed by atoms with Gasteiger partial charge in [0.2, 0.25) is 0 Å². The van der Waals surface area contributed by atoms with E-state index < -0.39 is 41.0 Å². The number of hydrogen-bond donors (Lipinski definition) is 0. The molecule has 0 atom stereocenters. The Labute approximate surface area is 121 Å².